The second-order valence-electron chi connectivity index (χ2n) is 19.5. The van der Waals surface area contributed by atoms with Crippen LogP contribution in [0.5, 0.6) is 11.5 Å². The van der Waals surface area contributed by atoms with Gasteiger partial charge in [0.1, 0.15) is 11.5 Å². The van der Waals surface area contributed by atoms with Crippen LogP contribution < -0.4 is 45.9 Å². The SMILES string of the molecule is C.C[N+](CCC[n+]1c(-c2ccccc2)c2cc(N)ccc2c2ccc(N)cc21)(CCNC(=O)CCCOc1ccc(N(CCCl)CCCl)cc1)CCNC(=O)CCCOc1ccc(N(CCCl)CCCl)cc1.O=C(O)C(F)(F)F.O=C(O)C(F)(F)F. The molecule has 0 aliphatic carbocycles. The normalized spacial score (nSPS) is 11.3. The topological polar surface area (TPSA) is 214 Å². The van der Waals surface area contributed by atoms with E-state index >= 15 is 0 Å². The highest BCUT2D eigenvalue weighted by Gasteiger charge is 2.39. The third-order valence-electron chi connectivity index (χ3n) is 13.2. The van der Waals surface area contributed by atoms with Gasteiger partial charge >= 0.3 is 24.3 Å². The molecule has 0 atom stereocenters. The Labute approximate surface area is 517 Å². The first-order valence-electron chi connectivity index (χ1n) is 27.1. The summed E-state index contributed by atoms with van der Waals surface area (Å²) in [5.41, 5.74) is 19.6. The molecule has 0 unspecified atom stereocenters. The predicted octanol–water partition coefficient (Wildman–Crippen LogP) is 11.4. The molecule has 0 fully saturated rings. The zero-order valence-electron chi connectivity index (χ0n) is 46.9. The average molecular weight is 1290 g/mol. The van der Waals surface area contributed by atoms with E-state index in [1.54, 1.807) is 0 Å². The molecule has 6 rings (SSSR count). The maximum absolute atomic E-state index is 13.1. The number of aryl methyl sites for hydroxylation is 1. The van der Waals surface area contributed by atoms with Crippen molar-refractivity contribution in [1.82, 2.24) is 10.6 Å². The number of benzene rings is 5. The molecule has 5 aromatic carbocycles. The Morgan fingerprint density at radius 2 is 0.977 bits per heavy atom. The predicted molar refractivity (Wildman–Crippen MR) is 331 cm³/mol. The summed E-state index contributed by atoms with van der Waals surface area (Å²) in [6.45, 7) is 7.49. The molecule has 0 aliphatic heterocycles. The Balaban J connectivity index is 0.00000115. The largest absolute Gasteiger partial charge is 0.494 e. The number of carboxylic acids is 2. The standard InChI is InChI=1S/C55H68Cl4N8O4.2C2HF3O2.CH4/c1-67(36-28-62-53(68)10-5-38-70-47-18-14-45(15-19-47)64(31-24-56)32-25-57,37-29-63-54(69)11-6-39-71-48-20-16-46(17-21-48)65(33-26-58)34-27-59)35-7-30-66-52-41-44(61)13-23-50(52)49-22-12-43(60)40-51(49)55(66)42-8-3-2-4-9-42;2*3-2(4,5)1(6)7;/h2-4,8-9,12-23,40-41,61H,5-7,10-11,24-39,60H2,1H3,(H-,62,63,68,69);2*(H,6,7);1H4/p+2. The first-order valence-corrected chi connectivity index (χ1v) is 29.2. The summed E-state index contributed by atoms with van der Waals surface area (Å²) < 4.78 is 78.4. The lowest BCUT2D eigenvalue weighted by Gasteiger charge is -2.34. The number of aromatic nitrogens is 1. The van der Waals surface area contributed by atoms with E-state index in [9.17, 15) is 35.9 Å². The number of ether oxygens (including phenoxy) is 2. The first-order chi connectivity index (χ1) is 40.4. The van der Waals surface area contributed by atoms with Gasteiger partial charge in [0.15, 0.2) is 6.54 Å². The molecule has 0 spiro atoms. The summed E-state index contributed by atoms with van der Waals surface area (Å²) in [7, 11) is 2.20. The molecule has 86 heavy (non-hydrogen) atoms. The molecule has 2 amide bonds. The number of halogens is 10. The summed E-state index contributed by atoms with van der Waals surface area (Å²) in [5, 5.41) is 23.9. The summed E-state index contributed by atoms with van der Waals surface area (Å²) in [6.07, 6.45) is -7.52. The van der Waals surface area contributed by atoms with Crippen molar-refractivity contribution in [2.75, 3.05) is 124 Å². The van der Waals surface area contributed by atoms with Crippen LogP contribution in [0.1, 0.15) is 39.5 Å². The van der Waals surface area contributed by atoms with Gasteiger partial charge in [0.25, 0.3) is 0 Å². The van der Waals surface area contributed by atoms with Crippen LogP contribution in [-0.4, -0.2) is 153 Å². The minimum atomic E-state index is -5.08. The van der Waals surface area contributed by atoms with E-state index in [4.69, 9.17) is 87.1 Å². The number of nitrogens with zero attached hydrogens (tertiary/aromatic N) is 4. The number of nitrogen functional groups attached to an aromatic ring is 2. The molecule has 6 aromatic rings. The zero-order chi connectivity index (χ0) is 62.6. The van der Waals surface area contributed by atoms with Gasteiger partial charge in [-0.1, -0.05) is 31.7 Å². The number of likely N-dealkylation sites (N-methyl/N-ethyl adjacent to an activating group) is 1. The van der Waals surface area contributed by atoms with Crippen LogP contribution in [0.3, 0.4) is 0 Å². The molecule has 16 nitrogen and oxygen atoms in total. The van der Waals surface area contributed by atoms with E-state index in [1.165, 1.54) is 0 Å². The van der Waals surface area contributed by atoms with Gasteiger partial charge in [-0.05, 0) is 97.8 Å². The second kappa shape index (κ2) is 37.0. The maximum atomic E-state index is 13.1. The van der Waals surface area contributed by atoms with Crippen LogP contribution in [0.2, 0.25) is 0 Å². The van der Waals surface area contributed by atoms with Crippen molar-refractivity contribution in [3.05, 3.63) is 115 Å². The molecule has 0 saturated heterocycles. The fourth-order valence-electron chi connectivity index (χ4n) is 8.95. The zero-order valence-corrected chi connectivity index (χ0v) is 49.9. The van der Waals surface area contributed by atoms with Crippen LogP contribution in [0.4, 0.5) is 49.1 Å². The number of nitrogens with two attached hydrogens (primary N) is 2. The number of alkyl halides is 10. The van der Waals surface area contributed by atoms with E-state index in [0.29, 0.717) is 137 Å². The molecule has 0 bridgehead atoms. The number of aliphatic carboxylic acids is 2. The lowest BCUT2D eigenvalue weighted by Crippen LogP contribution is -2.53. The van der Waals surface area contributed by atoms with Crippen LogP contribution in [0.15, 0.2) is 115 Å². The molecule has 0 radical (unpaired) electrons. The highest BCUT2D eigenvalue weighted by atomic mass is 35.5. The molecular weight excluding hydrogens is 1220 g/mol. The first kappa shape index (κ1) is 73.4. The van der Waals surface area contributed by atoms with Gasteiger partial charge in [0, 0.05) is 102 Å². The van der Waals surface area contributed by atoms with Crippen molar-refractivity contribution < 1.29 is 74.3 Å². The fourth-order valence-corrected chi connectivity index (χ4v) is 9.77. The molecule has 0 saturated carbocycles. The van der Waals surface area contributed by atoms with Crippen LogP contribution in [0.25, 0.3) is 32.9 Å². The van der Waals surface area contributed by atoms with Crippen molar-refractivity contribution in [1.29, 1.82) is 0 Å². The number of anilines is 4. The summed E-state index contributed by atoms with van der Waals surface area (Å²) in [5.74, 6) is -2.02. The van der Waals surface area contributed by atoms with Gasteiger partial charge in [-0.2, -0.15) is 30.9 Å². The smallest absolute Gasteiger partial charge is 0.490 e. The Morgan fingerprint density at radius 3 is 1.38 bits per heavy atom. The molecule has 0 aliphatic rings. The summed E-state index contributed by atoms with van der Waals surface area (Å²) in [4.78, 5) is 48.4. The van der Waals surface area contributed by atoms with Gasteiger partial charge in [-0.25, -0.2) is 9.59 Å². The molecule has 472 valence electrons. The number of carbonyl (C=O) groups is 4. The quantitative estimate of drug-likeness (QED) is 0.00456. The number of fused-ring (bicyclic) bond motifs is 3. The third kappa shape index (κ3) is 24.9. The second-order valence-corrected chi connectivity index (χ2v) is 21.0. The van der Waals surface area contributed by atoms with E-state index < -0.39 is 24.3 Å². The van der Waals surface area contributed by atoms with Crippen molar-refractivity contribution in [3.63, 3.8) is 0 Å². The number of amides is 2. The number of carbonyl (C=O) groups excluding carboxylic acids is 2. The molecule has 1 heterocycles. The Bertz CT molecular complexity index is 2920. The Morgan fingerprint density at radius 1 is 0.570 bits per heavy atom. The van der Waals surface area contributed by atoms with E-state index in [-0.39, 0.29) is 19.2 Å². The van der Waals surface area contributed by atoms with Gasteiger partial charge in [0.05, 0.1) is 70.2 Å². The van der Waals surface area contributed by atoms with E-state index in [1.807, 2.05) is 66.7 Å². The number of rotatable bonds is 31. The van der Waals surface area contributed by atoms with Crippen molar-refractivity contribution in [3.8, 4) is 22.8 Å². The van der Waals surface area contributed by atoms with Crippen LogP contribution in [-0.2, 0) is 25.7 Å². The van der Waals surface area contributed by atoms with Gasteiger partial charge in [-0.3, -0.25) is 9.59 Å². The van der Waals surface area contributed by atoms with E-state index in [0.717, 1.165) is 68.8 Å². The lowest BCUT2D eigenvalue weighted by atomic mass is 9.98. The molecule has 26 heteroatoms. The number of hydrogen-bond acceptors (Lipinski definition) is 10. The molecule has 8 N–H and O–H groups in total. The Hall–Kier alpha value is -6.85. The molecule has 1 aromatic heterocycles. The van der Waals surface area contributed by atoms with E-state index in [2.05, 4.69) is 80.6 Å². The monoisotopic (exact) mass is 1290 g/mol. The number of pyridine rings is 1. The average Bonchev–Trinajstić information content (AvgIpc) is 0.922. The van der Waals surface area contributed by atoms with Gasteiger partial charge in [-0.15, -0.1) is 46.4 Å². The minimum Gasteiger partial charge on any atom is -0.494 e. The van der Waals surface area contributed by atoms with Gasteiger partial charge < -0.3 is 56.1 Å². The number of carboxylic acid groups (broad SMARTS) is 2. The lowest BCUT2D eigenvalue weighted by molar-refractivity contribution is -0.909. The van der Waals surface area contributed by atoms with Crippen molar-refractivity contribution >= 4 is 115 Å². The van der Waals surface area contributed by atoms with Crippen molar-refractivity contribution in [2.45, 2.75) is 58.4 Å². The van der Waals surface area contributed by atoms with Gasteiger partial charge in [0.2, 0.25) is 23.0 Å². The maximum Gasteiger partial charge on any atom is 0.490 e. The van der Waals surface area contributed by atoms with Crippen LogP contribution in [0, 0.1) is 0 Å². The highest BCUT2D eigenvalue weighted by molar-refractivity contribution is 6.19. The third-order valence-corrected chi connectivity index (χ3v) is 13.9. The van der Waals surface area contributed by atoms with Crippen LogP contribution >= 0.6 is 46.4 Å². The number of quaternary nitrogens is 1. The van der Waals surface area contributed by atoms with Crippen molar-refractivity contribution in [2.24, 2.45) is 0 Å². The summed E-state index contributed by atoms with van der Waals surface area (Å²) in [6, 6.07) is 38.3. The molecular formula is C60H76Cl4F6N8O8+2. The Kier molecular flexibility index (Phi) is 31.6. The fraction of sp³-hybridized carbons (Fsp3) is 0.417. The highest BCUT2D eigenvalue weighted by Crippen LogP contribution is 2.34. The minimum absolute atomic E-state index is 0. The number of nitrogens with one attached hydrogen (secondary N) is 2. The number of hydrogen-bond donors (Lipinski definition) is 6. The summed E-state index contributed by atoms with van der Waals surface area (Å²) >= 11 is 24.0.